The Hall–Kier alpha value is -3.60. The standard InChI is InChI=1S/C25H24N4O/c1-17-14-18-6-2-5-9-23(18)29(17)25(30)20-10-11-24(28-16-20)26-13-12-19-15-27-22-8-4-3-7-21(19)22/h2-11,15-17,27H,12-14H2,1H3,(H,26,28). The predicted molar refractivity (Wildman–Crippen MR) is 121 cm³/mol. The highest BCUT2D eigenvalue weighted by Crippen LogP contribution is 2.33. The first kappa shape index (κ1) is 18.4. The lowest BCUT2D eigenvalue weighted by Crippen LogP contribution is -2.35. The molecule has 5 rings (SSSR count). The smallest absolute Gasteiger partial charge is 0.260 e. The van der Waals surface area contributed by atoms with Gasteiger partial charge in [0.05, 0.1) is 5.56 Å². The molecule has 2 N–H and O–H groups in total. The van der Waals surface area contributed by atoms with E-state index in [0.717, 1.165) is 36.4 Å². The molecule has 0 fully saturated rings. The monoisotopic (exact) mass is 396 g/mol. The van der Waals surface area contributed by atoms with Crippen LogP contribution in [-0.4, -0.2) is 28.5 Å². The lowest BCUT2D eigenvalue weighted by Gasteiger charge is -2.22. The van der Waals surface area contributed by atoms with Crippen LogP contribution in [0.2, 0.25) is 0 Å². The van der Waals surface area contributed by atoms with Crippen molar-refractivity contribution in [2.45, 2.75) is 25.8 Å². The van der Waals surface area contributed by atoms with E-state index in [2.05, 4.69) is 52.7 Å². The fourth-order valence-corrected chi connectivity index (χ4v) is 4.30. The maximum absolute atomic E-state index is 13.1. The Morgan fingerprint density at radius 3 is 2.83 bits per heavy atom. The van der Waals surface area contributed by atoms with Crippen LogP contribution in [0.1, 0.15) is 28.4 Å². The van der Waals surface area contributed by atoms with E-state index in [4.69, 9.17) is 0 Å². The lowest BCUT2D eigenvalue weighted by molar-refractivity contribution is 0.0981. The van der Waals surface area contributed by atoms with Crippen molar-refractivity contribution in [1.29, 1.82) is 0 Å². The Morgan fingerprint density at radius 2 is 1.97 bits per heavy atom. The molecular weight excluding hydrogens is 372 g/mol. The van der Waals surface area contributed by atoms with Crippen LogP contribution in [0.5, 0.6) is 0 Å². The topological polar surface area (TPSA) is 61.0 Å². The third-order valence-corrected chi connectivity index (χ3v) is 5.81. The van der Waals surface area contributed by atoms with Gasteiger partial charge < -0.3 is 15.2 Å². The minimum atomic E-state index is 0.00490. The fraction of sp³-hybridized carbons (Fsp3) is 0.200. The van der Waals surface area contributed by atoms with Crippen LogP contribution in [-0.2, 0) is 12.8 Å². The van der Waals surface area contributed by atoms with Gasteiger partial charge in [0.25, 0.3) is 5.91 Å². The number of amides is 1. The summed E-state index contributed by atoms with van der Waals surface area (Å²) >= 11 is 0. The van der Waals surface area contributed by atoms with Crippen molar-refractivity contribution in [2.75, 3.05) is 16.8 Å². The molecule has 0 saturated heterocycles. The van der Waals surface area contributed by atoms with Gasteiger partial charge in [-0.1, -0.05) is 36.4 Å². The zero-order chi connectivity index (χ0) is 20.5. The number of pyridine rings is 1. The number of aromatic amines is 1. The number of para-hydroxylation sites is 2. The molecule has 30 heavy (non-hydrogen) atoms. The number of carbonyl (C=O) groups excluding carboxylic acids is 1. The summed E-state index contributed by atoms with van der Waals surface area (Å²) in [6.45, 7) is 2.87. The number of H-pyrrole nitrogens is 1. The molecular formula is C25H24N4O. The average Bonchev–Trinajstić information content (AvgIpc) is 3.34. The van der Waals surface area contributed by atoms with Crippen molar-refractivity contribution < 1.29 is 4.79 Å². The summed E-state index contributed by atoms with van der Waals surface area (Å²) < 4.78 is 0. The Balaban J connectivity index is 1.24. The Morgan fingerprint density at radius 1 is 1.13 bits per heavy atom. The second kappa shape index (κ2) is 7.67. The average molecular weight is 396 g/mol. The fourth-order valence-electron chi connectivity index (χ4n) is 4.30. The highest BCUT2D eigenvalue weighted by molar-refractivity contribution is 6.07. The highest BCUT2D eigenvalue weighted by Gasteiger charge is 2.31. The molecule has 3 heterocycles. The molecule has 2 aromatic carbocycles. The summed E-state index contributed by atoms with van der Waals surface area (Å²) in [7, 11) is 0. The van der Waals surface area contributed by atoms with E-state index in [1.807, 2.05) is 41.3 Å². The molecule has 0 spiro atoms. The SMILES string of the molecule is CC1Cc2ccccc2N1C(=O)c1ccc(NCCc2c[nH]c3ccccc23)nc1. The maximum atomic E-state index is 13.1. The van der Waals surface area contributed by atoms with E-state index < -0.39 is 0 Å². The molecule has 0 saturated carbocycles. The number of hydrogen-bond acceptors (Lipinski definition) is 3. The van der Waals surface area contributed by atoms with Crippen LogP contribution in [0.25, 0.3) is 10.9 Å². The second-order valence-electron chi connectivity index (χ2n) is 7.83. The minimum absolute atomic E-state index is 0.00490. The van der Waals surface area contributed by atoms with Gasteiger partial charge in [-0.2, -0.15) is 0 Å². The first-order valence-electron chi connectivity index (χ1n) is 10.4. The minimum Gasteiger partial charge on any atom is -0.370 e. The summed E-state index contributed by atoms with van der Waals surface area (Å²) in [5.41, 5.74) is 5.29. The lowest BCUT2D eigenvalue weighted by atomic mass is 10.1. The van der Waals surface area contributed by atoms with Gasteiger partial charge in [-0.25, -0.2) is 4.98 Å². The third-order valence-electron chi connectivity index (χ3n) is 5.81. The van der Waals surface area contributed by atoms with Crippen molar-refractivity contribution in [3.63, 3.8) is 0 Å². The first-order chi connectivity index (χ1) is 14.7. The summed E-state index contributed by atoms with van der Waals surface area (Å²) in [5, 5.41) is 4.62. The van der Waals surface area contributed by atoms with Gasteiger partial charge >= 0.3 is 0 Å². The van der Waals surface area contributed by atoms with E-state index in [0.29, 0.717) is 5.56 Å². The van der Waals surface area contributed by atoms with Gasteiger partial charge in [-0.05, 0) is 55.2 Å². The van der Waals surface area contributed by atoms with E-state index in [-0.39, 0.29) is 11.9 Å². The summed E-state index contributed by atoms with van der Waals surface area (Å²) in [5.74, 6) is 0.784. The zero-order valence-corrected chi connectivity index (χ0v) is 16.9. The van der Waals surface area contributed by atoms with Crippen LogP contribution in [0.15, 0.2) is 73.1 Å². The Kier molecular flexibility index (Phi) is 4.71. The van der Waals surface area contributed by atoms with E-state index in [9.17, 15) is 4.79 Å². The number of aromatic nitrogens is 2. The normalized spacial score (nSPS) is 15.4. The molecule has 0 bridgehead atoms. The predicted octanol–water partition coefficient (Wildman–Crippen LogP) is 4.81. The Labute approximate surface area is 175 Å². The summed E-state index contributed by atoms with van der Waals surface area (Å²) in [6.07, 6.45) is 5.53. The molecule has 0 aliphatic carbocycles. The zero-order valence-electron chi connectivity index (χ0n) is 16.9. The highest BCUT2D eigenvalue weighted by atomic mass is 16.2. The molecule has 2 aromatic heterocycles. The number of anilines is 2. The number of rotatable bonds is 5. The van der Waals surface area contributed by atoms with Crippen molar-refractivity contribution in [3.05, 3.63) is 89.7 Å². The van der Waals surface area contributed by atoms with Crippen molar-refractivity contribution in [3.8, 4) is 0 Å². The second-order valence-corrected chi connectivity index (χ2v) is 7.83. The van der Waals surface area contributed by atoms with Gasteiger partial charge in [0.15, 0.2) is 0 Å². The molecule has 1 unspecified atom stereocenters. The quantitative estimate of drug-likeness (QED) is 0.509. The molecule has 5 nitrogen and oxygen atoms in total. The van der Waals surface area contributed by atoms with Gasteiger partial charge in [-0.3, -0.25) is 4.79 Å². The van der Waals surface area contributed by atoms with Gasteiger partial charge in [0, 0.05) is 41.6 Å². The molecule has 4 aromatic rings. The number of nitrogens with one attached hydrogen (secondary N) is 2. The van der Waals surface area contributed by atoms with Crippen molar-refractivity contribution in [1.82, 2.24) is 9.97 Å². The van der Waals surface area contributed by atoms with Crippen LogP contribution < -0.4 is 10.2 Å². The Bertz CT molecular complexity index is 1200. The molecule has 0 radical (unpaired) electrons. The molecule has 5 heteroatoms. The molecule has 1 atom stereocenters. The van der Waals surface area contributed by atoms with Crippen LogP contribution in [0.4, 0.5) is 11.5 Å². The molecule has 150 valence electrons. The van der Waals surface area contributed by atoms with Gasteiger partial charge in [-0.15, -0.1) is 0 Å². The number of nitrogens with zero attached hydrogens (tertiary/aromatic N) is 2. The third kappa shape index (κ3) is 3.32. The molecule has 1 amide bonds. The number of fused-ring (bicyclic) bond motifs is 2. The molecule has 1 aliphatic rings. The summed E-state index contributed by atoms with van der Waals surface area (Å²) in [6, 6.07) is 20.3. The maximum Gasteiger partial charge on any atom is 0.260 e. The van der Waals surface area contributed by atoms with E-state index in [1.54, 1.807) is 6.20 Å². The van der Waals surface area contributed by atoms with Crippen LogP contribution in [0, 0.1) is 0 Å². The van der Waals surface area contributed by atoms with Crippen molar-refractivity contribution in [2.24, 2.45) is 0 Å². The van der Waals surface area contributed by atoms with Gasteiger partial charge in [0.2, 0.25) is 0 Å². The van der Waals surface area contributed by atoms with E-state index >= 15 is 0 Å². The number of benzene rings is 2. The van der Waals surface area contributed by atoms with Gasteiger partial charge in [0.1, 0.15) is 5.82 Å². The van der Waals surface area contributed by atoms with E-state index in [1.165, 1.54) is 16.5 Å². The van der Waals surface area contributed by atoms with Crippen molar-refractivity contribution >= 4 is 28.3 Å². The molecule has 1 aliphatic heterocycles. The summed E-state index contributed by atoms with van der Waals surface area (Å²) in [4.78, 5) is 22.7. The number of carbonyl (C=O) groups is 1. The largest absolute Gasteiger partial charge is 0.370 e. The van der Waals surface area contributed by atoms with Crippen LogP contribution in [0.3, 0.4) is 0 Å². The van der Waals surface area contributed by atoms with Crippen LogP contribution >= 0.6 is 0 Å². The number of hydrogen-bond donors (Lipinski definition) is 2. The first-order valence-corrected chi connectivity index (χ1v) is 10.4.